The molecule has 0 spiro atoms. The van der Waals surface area contributed by atoms with Gasteiger partial charge in [0.05, 0.1) is 23.9 Å². The molecule has 1 saturated heterocycles. The zero-order valence-electron chi connectivity index (χ0n) is 18.2. The lowest BCUT2D eigenvalue weighted by Crippen LogP contribution is -2.25. The fourth-order valence-corrected chi connectivity index (χ4v) is 4.14. The molecule has 4 rings (SSSR count). The average Bonchev–Trinajstić information content (AvgIpc) is 3.33. The van der Waals surface area contributed by atoms with Crippen LogP contribution < -0.4 is 15.6 Å². The highest BCUT2D eigenvalue weighted by atomic mass is 19.1. The number of nitriles is 1. The standard InChI is InChI=1S/C25H25FN4O2/c1-30-22(10-3-16-11-12-28-15-16)29-24(18-4-5-19(14-27)21(26)13-18)23(25(30)31)17-6-8-20(32-2)9-7-17/h4-9,13,16,28H,3,10-12,15H2,1-2H3/t16-/m1/s1. The van der Waals surface area contributed by atoms with Crippen molar-refractivity contribution in [3.05, 3.63) is 70.0 Å². The van der Waals surface area contributed by atoms with E-state index in [1.165, 1.54) is 12.1 Å². The molecule has 2 heterocycles. The van der Waals surface area contributed by atoms with E-state index < -0.39 is 5.82 Å². The van der Waals surface area contributed by atoms with E-state index in [0.29, 0.717) is 46.3 Å². The first kappa shape index (κ1) is 21.7. The SMILES string of the molecule is COc1ccc(-c2c(-c3ccc(C#N)c(F)c3)nc(CC[C@@H]3CCNC3)n(C)c2=O)cc1. The molecule has 0 unspecified atom stereocenters. The molecule has 0 amide bonds. The number of ether oxygens (including phenoxy) is 1. The predicted molar refractivity (Wildman–Crippen MR) is 121 cm³/mol. The van der Waals surface area contributed by atoms with Crippen molar-refractivity contribution in [3.63, 3.8) is 0 Å². The predicted octanol–water partition coefficient (Wildman–Crippen LogP) is 3.68. The van der Waals surface area contributed by atoms with Crippen LogP contribution in [0.25, 0.3) is 22.4 Å². The third kappa shape index (κ3) is 4.27. The summed E-state index contributed by atoms with van der Waals surface area (Å²) in [6, 6.07) is 13.3. The Bertz CT molecular complexity index is 1220. The second-order valence-electron chi connectivity index (χ2n) is 8.05. The van der Waals surface area contributed by atoms with Gasteiger partial charge in [-0.3, -0.25) is 9.36 Å². The van der Waals surface area contributed by atoms with Crippen molar-refractivity contribution >= 4 is 0 Å². The van der Waals surface area contributed by atoms with Gasteiger partial charge in [-0.2, -0.15) is 5.26 Å². The minimum absolute atomic E-state index is 0.0439. The number of nitrogens with one attached hydrogen (secondary N) is 1. The summed E-state index contributed by atoms with van der Waals surface area (Å²) in [5.74, 6) is 1.26. The van der Waals surface area contributed by atoms with Crippen LogP contribution in [-0.2, 0) is 13.5 Å². The molecule has 1 aliphatic rings. The molecule has 6 nitrogen and oxygen atoms in total. The average molecular weight is 432 g/mol. The molecule has 164 valence electrons. The molecule has 1 atom stereocenters. The van der Waals surface area contributed by atoms with Crippen LogP contribution in [0.3, 0.4) is 0 Å². The molecule has 0 bridgehead atoms. The maximum Gasteiger partial charge on any atom is 0.261 e. The molecule has 7 heteroatoms. The van der Waals surface area contributed by atoms with Crippen LogP contribution in [0.2, 0.25) is 0 Å². The molecule has 0 radical (unpaired) electrons. The first-order chi connectivity index (χ1) is 15.5. The number of hydrogen-bond donors (Lipinski definition) is 1. The van der Waals surface area contributed by atoms with E-state index >= 15 is 0 Å². The van der Waals surface area contributed by atoms with E-state index in [1.807, 2.05) is 6.07 Å². The van der Waals surface area contributed by atoms with Gasteiger partial charge in [-0.15, -0.1) is 0 Å². The van der Waals surface area contributed by atoms with Crippen LogP contribution in [0.15, 0.2) is 47.3 Å². The van der Waals surface area contributed by atoms with Crippen molar-refractivity contribution in [3.8, 4) is 34.2 Å². The summed E-state index contributed by atoms with van der Waals surface area (Å²) in [5, 5.41) is 12.4. The topological polar surface area (TPSA) is 79.9 Å². The van der Waals surface area contributed by atoms with Gasteiger partial charge < -0.3 is 10.1 Å². The molecule has 1 N–H and O–H groups in total. The minimum Gasteiger partial charge on any atom is -0.497 e. The molecule has 1 fully saturated rings. The van der Waals surface area contributed by atoms with Gasteiger partial charge in [-0.25, -0.2) is 9.37 Å². The molecule has 1 aliphatic heterocycles. The van der Waals surface area contributed by atoms with Gasteiger partial charge in [0.2, 0.25) is 0 Å². The fraction of sp³-hybridized carbons (Fsp3) is 0.320. The van der Waals surface area contributed by atoms with E-state index in [-0.39, 0.29) is 11.1 Å². The van der Waals surface area contributed by atoms with Crippen molar-refractivity contribution in [1.29, 1.82) is 5.26 Å². The molecular formula is C25H25FN4O2. The summed E-state index contributed by atoms with van der Waals surface area (Å²) < 4.78 is 21.3. The van der Waals surface area contributed by atoms with E-state index in [0.717, 1.165) is 25.9 Å². The summed E-state index contributed by atoms with van der Waals surface area (Å²) in [6.45, 7) is 1.99. The van der Waals surface area contributed by atoms with Crippen molar-refractivity contribution in [1.82, 2.24) is 14.9 Å². The number of rotatable bonds is 6. The fourth-order valence-electron chi connectivity index (χ4n) is 4.14. The molecule has 32 heavy (non-hydrogen) atoms. The molecular weight excluding hydrogens is 407 g/mol. The molecule has 1 aromatic heterocycles. The number of methoxy groups -OCH3 is 1. The number of nitrogens with zero attached hydrogens (tertiary/aromatic N) is 3. The Kier molecular flexibility index (Phi) is 6.33. The monoisotopic (exact) mass is 432 g/mol. The van der Waals surface area contributed by atoms with Crippen molar-refractivity contribution < 1.29 is 9.13 Å². The number of aromatic nitrogens is 2. The van der Waals surface area contributed by atoms with E-state index in [2.05, 4.69) is 5.32 Å². The summed E-state index contributed by atoms with van der Waals surface area (Å²) in [4.78, 5) is 18.3. The summed E-state index contributed by atoms with van der Waals surface area (Å²) >= 11 is 0. The zero-order chi connectivity index (χ0) is 22.7. The van der Waals surface area contributed by atoms with Crippen molar-refractivity contribution in [2.75, 3.05) is 20.2 Å². The largest absolute Gasteiger partial charge is 0.497 e. The highest BCUT2D eigenvalue weighted by Gasteiger charge is 2.21. The van der Waals surface area contributed by atoms with Crippen LogP contribution in [0.5, 0.6) is 5.75 Å². The van der Waals surface area contributed by atoms with E-state index in [1.54, 1.807) is 49.1 Å². The highest BCUT2D eigenvalue weighted by molar-refractivity contribution is 5.80. The lowest BCUT2D eigenvalue weighted by atomic mass is 9.98. The Morgan fingerprint density at radius 3 is 2.62 bits per heavy atom. The van der Waals surface area contributed by atoms with Crippen LogP contribution in [0, 0.1) is 23.1 Å². The second kappa shape index (κ2) is 9.33. The first-order valence-electron chi connectivity index (χ1n) is 10.7. The van der Waals surface area contributed by atoms with Gasteiger partial charge in [0.25, 0.3) is 5.56 Å². The number of hydrogen-bond acceptors (Lipinski definition) is 5. The lowest BCUT2D eigenvalue weighted by molar-refractivity contribution is 0.415. The molecule has 0 aliphatic carbocycles. The Morgan fingerprint density at radius 2 is 2.00 bits per heavy atom. The number of benzene rings is 2. The number of aryl methyl sites for hydroxylation is 1. The van der Waals surface area contributed by atoms with Gasteiger partial charge in [0, 0.05) is 19.0 Å². The second-order valence-corrected chi connectivity index (χ2v) is 8.05. The van der Waals surface area contributed by atoms with Crippen molar-refractivity contribution in [2.24, 2.45) is 13.0 Å². The van der Waals surface area contributed by atoms with Gasteiger partial charge in [0.15, 0.2) is 0 Å². The lowest BCUT2D eigenvalue weighted by Gasteiger charge is -2.16. The van der Waals surface area contributed by atoms with Crippen LogP contribution in [0.4, 0.5) is 4.39 Å². The van der Waals surface area contributed by atoms with Gasteiger partial charge in [-0.1, -0.05) is 18.2 Å². The van der Waals surface area contributed by atoms with Crippen LogP contribution in [-0.4, -0.2) is 29.8 Å². The maximum atomic E-state index is 14.4. The smallest absolute Gasteiger partial charge is 0.261 e. The van der Waals surface area contributed by atoms with Crippen LogP contribution in [0.1, 0.15) is 24.2 Å². The first-order valence-corrected chi connectivity index (χ1v) is 10.7. The van der Waals surface area contributed by atoms with Gasteiger partial charge in [-0.05, 0) is 61.7 Å². The Labute approximate surface area is 186 Å². The molecule has 2 aromatic carbocycles. The third-order valence-electron chi connectivity index (χ3n) is 6.06. The zero-order valence-corrected chi connectivity index (χ0v) is 18.2. The molecule has 3 aromatic rings. The number of halogens is 1. The third-order valence-corrected chi connectivity index (χ3v) is 6.06. The summed E-state index contributed by atoms with van der Waals surface area (Å²) in [5.41, 5.74) is 1.72. The Morgan fingerprint density at radius 1 is 1.25 bits per heavy atom. The molecule has 0 saturated carbocycles. The Hall–Kier alpha value is -3.50. The van der Waals surface area contributed by atoms with E-state index in [4.69, 9.17) is 15.0 Å². The minimum atomic E-state index is -0.633. The van der Waals surface area contributed by atoms with Gasteiger partial charge >= 0.3 is 0 Å². The quantitative estimate of drug-likeness (QED) is 0.643. The maximum absolute atomic E-state index is 14.4. The summed E-state index contributed by atoms with van der Waals surface area (Å²) in [7, 11) is 3.31. The van der Waals surface area contributed by atoms with Crippen molar-refractivity contribution in [2.45, 2.75) is 19.3 Å². The highest BCUT2D eigenvalue weighted by Crippen LogP contribution is 2.30. The van der Waals surface area contributed by atoms with E-state index in [9.17, 15) is 9.18 Å². The summed E-state index contributed by atoms with van der Waals surface area (Å²) in [6.07, 6.45) is 2.70. The van der Waals surface area contributed by atoms with Gasteiger partial charge in [0.1, 0.15) is 23.5 Å². The van der Waals surface area contributed by atoms with Crippen LogP contribution >= 0.6 is 0 Å². The normalized spacial score (nSPS) is 15.5. The Balaban J connectivity index is 1.85.